The standard InChI is InChI=1S/C15H27N3O2.ClH/c1-15(2,3)6-13(19)17-7-14(20)18-8-10-4-5-12(16)11(10)9-18;/h10-12H,4-9,16H2,1-3H3,(H,17,19);1H. The van der Waals surface area contributed by atoms with E-state index in [1.165, 1.54) is 0 Å². The van der Waals surface area contributed by atoms with E-state index in [1.807, 2.05) is 25.7 Å². The number of halogens is 1. The van der Waals surface area contributed by atoms with Crippen molar-refractivity contribution in [2.45, 2.75) is 46.1 Å². The summed E-state index contributed by atoms with van der Waals surface area (Å²) in [5.74, 6) is 0.999. The van der Waals surface area contributed by atoms with Gasteiger partial charge in [0.2, 0.25) is 11.8 Å². The van der Waals surface area contributed by atoms with Crippen molar-refractivity contribution in [3.63, 3.8) is 0 Å². The molecule has 0 aromatic rings. The van der Waals surface area contributed by atoms with Crippen LogP contribution in [-0.4, -0.2) is 42.4 Å². The van der Waals surface area contributed by atoms with Crippen LogP contribution < -0.4 is 11.1 Å². The van der Waals surface area contributed by atoms with Crippen LogP contribution in [-0.2, 0) is 9.59 Å². The second kappa shape index (κ2) is 6.97. The van der Waals surface area contributed by atoms with E-state index in [4.69, 9.17) is 5.73 Å². The van der Waals surface area contributed by atoms with Gasteiger partial charge in [0.05, 0.1) is 6.54 Å². The number of nitrogens with zero attached hydrogens (tertiary/aromatic N) is 1. The van der Waals surface area contributed by atoms with Gasteiger partial charge in [-0.05, 0) is 30.1 Å². The maximum absolute atomic E-state index is 12.1. The highest BCUT2D eigenvalue weighted by atomic mass is 35.5. The first-order chi connectivity index (χ1) is 9.26. The van der Waals surface area contributed by atoms with Crippen LogP contribution in [0.4, 0.5) is 0 Å². The van der Waals surface area contributed by atoms with Crippen molar-refractivity contribution in [3.8, 4) is 0 Å². The van der Waals surface area contributed by atoms with Gasteiger partial charge < -0.3 is 16.0 Å². The first-order valence-corrected chi connectivity index (χ1v) is 7.56. The average molecular weight is 318 g/mol. The highest BCUT2D eigenvalue weighted by Gasteiger charge is 2.42. The van der Waals surface area contributed by atoms with Crippen molar-refractivity contribution in [2.75, 3.05) is 19.6 Å². The minimum absolute atomic E-state index is 0. The molecule has 0 spiro atoms. The molecule has 3 N–H and O–H groups in total. The number of amides is 2. The number of rotatable bonds is 3. The summed E-state index contributed by atoms with van der Waals surface area (Å²) in [5, 5.41) is 2.73. The molecule has 2 amide bonds. The van der Waals surface area contributed by atoms with Gasteiger partial charge in [-0.3, -0.25) is 9.59 Å². The largest absolute Gasteiger partial charge is 0.347 e. The van der Waals surface area contributed by atoms with E-state index in [2.05, 4.69) is 5.32 Å². The Morgan fingerprint density at radius 2 is 1.90 bits per heavy atom. The van der Waals surface area contributed by atoms with Gasteiger partial charge in [0.15, 0.2) is 0 Å². The molecule has 2 aliphatic rings. The minimum Gasteiger partial charge on any atom is -0.347 e. The number of carbonyl (C=O) groups is 2. The Balaban J connectivity index is 0.00000220. The van der Waals surface area contributed by atoms with Crippen molar-refractivity contribution < 1.29 is 9.59 Å². The molecular formula is C15H28ClN3O2. The molecule has 0 radical (unpaired) electrons. The highest BCUT2D eigenvalue weighted by molar-refractivity contribution is 5.85. The van der Waals surface area contributed by atoms with E-state index in [1.54, 1.807) is 0 Å². The zero-order valence-electron chi connectivity index (χ0n) is 13.2. The number of fused-ring (bicyclic) bond motifs is 1. The topological polar surface area (TPSA) is 75.4 Å². The lowest BCUT2D eigenvalue weighted by molar-refractivity contribution is -0.132. The Bertz CT molecular complexity index is 395. The third kappa shape index (κ3) is 4.85. The molecule has 3 atom stereocenters. The molecule has 1 aliphatic carbocycles. The number of hydrogen-bond acceptors (Lipinski definition) is 3. The number of hydrogen-bond donors (Lipinski definition) is 2. The van der Waals surface area contributed by atoms with E-state index >= 15 is 0 Å². The number of nitrogens with one attached hydrogen (secondary N) is 1. The van der Waals surface area contributed by atoms with E-state index in [-0.39, 0.29) is 42.2 Å². The van der Waals surface area contributed by atoms with Crippen molar-refractivity contribution in [1.82, 2.24) is 10.2 Å². The summed E-state index contributed by atoms with van der Waals surface area (Å²) >= 11 is 0. The lowest BCUT2D eigenvalue weighted by Gasteiger charge is -2.20. The molecule has 0 bridgehead atoms. The molecule has 2 fully saturated rings. The highest BCUT2D eigenvalue weighted by Crippen LogP contribution is 2.36. The monoisotopic (exact) mass is 317 g/mol. The van der Waals surface area contributed by atoms with E-state index in [0.717, 1.165) is 25.9 Å². The third-order valence-electron chi connectivity index (χ3n) is 4.39. The molecule has 6 heteroatoms. The zero-order chi connectivity index (χ0) is 14.9. The summed E-state index contributed by atoms with van der Waals surface area (Å²) in [4.78, 5) is 25.7. The van der Waals surface area contributed by atoms with Crippen LogP contribution in [0.3, 0.4) is 0 Å². The molecule has 1 aliphatic heterocycles. The smallest absolute Gasteiger partial charge is 0.241 e. The van der Waals surface area contributed by atoms with Crippen molar-refractivity contribution >= 4 is 24.2 Å². The van der Waals surface area contributed by atoms with E-state index in [9.17, 15) is 9.59 Å². The summed E-state index contributed by atoms with van der Waals surface area (Å²) in [6.45, 7) is 7.72. The third-order valence-corrected chi connectivity index (χ3v) is 4.39. The molecule has 3 unspecified atom stereocenters. The number of carbonyl (C=O) groups excluding carboxylic acids is 2. The van der Waals surface area contributed by atoms with Gasteiger partial charge in [-0.2, -0.15) is 0 Å². The summed E-state index contributed by atoms with van der Waals surface area (Å²) in [5.41, 5.74) is 6.02. The fourth-order valence-corrected chi connectivity index (χ4v) is 3.34. The van der Waals surface area contributed by atoms with Gasteiger partial charge in [-0.15, -0.1) is 12.4 Å². The molecule has 5 nitrogen and oxygen atoms in total. The fourth-order valence-electron chi connectivity index (χ4n) is 3.34. The maximum atomic E-state index is 12.1. The molecule has 1 heterocycles. The van der Waals surface area contributed by atoms with Crippen molar-refractivity contribution in [3.05, 3.63) is 0 Å². The predicted octanol–water partition coefficient (Wildman–Crippen LogP) is 1.16. The van der Waals surface area contributed by atoms with Gasteiger partial charge in [-0.1, -0.05) is 20.8 Å². The summed E-state index contributed by atoms with van der Waals surface area (Å²) in [6, 6.07) is 0.244. The van der Waals surface area contributed by atoms with Gasteiger partial charge in [0.1, 0.15) is 0 Å². The Morgan fingerprint density at radius 1 is 1.24 bits per heavy atom. The molecule has 21 heavy (non-hydrogen) atoms. The molecule has 2 rings (SSSR count). The molecule has 1 saturated heterocycles. The van der Waals surface area contributed by atoms with Gasteiger partial charge in [0, 0.05) is 25.6 Å². The molecular weight excluding hydrogens is 290 g/mol. The first-order valence-electron chi connectivity index (χ1n) is 7.56. The van der Waals surface area contributed by atoms with Crippen LogP contribution in [0.25, 0.3) is 0 Å². The van der Waals surface area contributed by atoms with Crippen LogP contribution in [0.5, 0.6) is 0 Å². The Kier molecular flexibility index (Phi) is 6.05. The molecule has 0 aromatic heterocycles. The summed E-state index contributed by atoms with van der Waals surface area (Å²) in [6.07, 6.45) is 2.65. The Morgan fingerprint density at radius 3 is 2.48 bits per heavy atom. The van der Waals surface area contributed by atoms with Crippen LogP contribution in [0.1, 0.15) is 40.0 Å². The molecule has 122 valence electrons. The lowest BCUT2D eigenvalue weighted by Crippen LogP contribution is -2.41. The van der Waals surface area contributed by atoms with E-state index < -0.39 is 0 Å². The quantitative estimate of drug-likeness (QED) is 0.820. The van der Waals surface area contributed by atoms with Crippen LogP contribution in [0.15, 0.2) is 0 Å². The number of likely N-dealkylation sites (tertiary alicyclic amines) is 1. The lowest BCUT2D eigenvalue weighted by atomic mass is 9.92. The van der Waals surface area contributed by atoms with Crippen molar-refractivity contribution in [2.24, 2.45) is 23.0 Å². The summed E-state index contributed by atoms with van der Waals surface area (Å²) in [7, 11) is 0. The molecule has 0 aromatic carbocycles. The minimum atomic E-state index is -0.0538. The van der Waals surface area contributed by atoms with Gasteiger partial charge in [-0.25, -0.2) is 0 Å². The fraction of sp³-hybridized carbons (Fsp3) is 0.867. The van der Waals surface area contributed by atoms with Crippen LogP contribution in [0, 0.1) is 17.3 Å². The maximum Gasteiger partial charge on any atom is 0.241 e. The molecule has 1 saturated carbocycles. The van der Waals surface area contributed by atoms with E-state index in [0.29, 0.717) is 18.3 Å². The number of nitrogens with two attached hydrogens (primary N) is 1. The van der Waals surface area contributed by atoms with Crippen molar-refractivity contribution in [1.29, 1.82) is 0 Å². The average Bonchev–Trinajstić information content (AvgIpc) is 2.87. The first kappa shape index (κ1) is 18.2. The summed E-state index contributed by atoms with van der Waals surface area (Å²) < 4.78 is 0. The zero-order valence-corrected chi connectivity index (χ0v) is 14.0. The Hall–Kier alpha value is -0.810. The van der Waals surface area contributed by atoms with Gasteiger partial charge in [0.25, 0.3) is 0 Å². The van der Waals surface area contributed by atoms with Crippen LogP contribution in [0.2, 0.25) is 0 Å². The second-order valence-corrected chi connectivity index (χ2v) is 7.48. The predicted molar refractivity (Wildman–Crippen MR) is 85.1 cm³/mol. The second-order valence-electron chi connectivity index (χ2n) is 7.48. The Labute approximate surface area is 133 Å². The normalized spacial score (nSPS) is 28.0. The van der Waals surface area contributed by atoms with Gasteiger partial charge >= 0.3 is 0 Å². The van der Waals surface area contributed by atoms with Crippen LogP contribution >= 0.6 is 12.4 Å². The SMILES string of the molecule is CC(C)(C)CC(=O)NCC(=O)N1CC2CCC(N)C2C1.Cl.